The SMILES string of the molecule is c1ccc2c(c1)CCc1c-2c[nH]c1Cc1[nH]cc2ccc3ccccc3c12. The Morgan fingerprint density at radius 1 is 0.667 bits per heavy atom. The van der Waals surface area contributed by atoms with Crippen molar-refractivity contribution < 1.29 is 0 Å². The number of benzene rings is 3. The number of aromatic nitrogens is 2. The van der Waals surface area contributed by atoms with E-state index in [1.165, 1.54) is 55.2 Å². The Balaban J connectivity index is 1.49. The maximum atomic E-state index is 3.59. The summed E-state index contributed by atoms with van der Waals surface area (Å²) in [4.78, 5) is 7.14. The van der Waals surface area contributed by atoms with Crippen molar-refractivity contribution in [1.29, 1.82) is 0 Å². The first-order chi connectivity index (χ1) is 13.4. The van der Waals surface area contributed by atoms with Gasteiger partial charge in [-0.05, 0) is 40.3 Å². The highest BCUT2D eigenvalue weighted by atomic mass is 14.7. The smallest absolute Gasteiger partial charge is 0.0292 e. The molecule has 6 rings (SSSR count). The van der Waals surface area contributed by atoms with Crippen LogP contribution < -0.4 is 0 Å². The summed E-state index contributed by atoms with van der Waals surface area (Å²) in [7, 11) is 0. The predicted molar refractivity (Wildman–Crippen MR) is 112 cm³/mol. The second-order valence-electron chi connectivity index (χ2n) is 7.51. The molecule has 0 radical (unpaired) electrons. The van der Waals surface area contributed by atoms with Crippen molar-refractivity contribution in [3.05, 3.63) is 95.6 Å². The van der Waals surface area contributed by atoms with Crippen LogP contribution in [0.5, 0.6) is 0 Å². The third-order valence-corrected chi connectivity index (χ3v) is 6.05. The van der Waals surface area contributed by atoms with Crippen molar-refractivity contribution in [3.8, 4) is 11.1 Å². The van der Waals surface area contributed by atoms with Gasteiger partial charge in [0.25, 0.3) is 0 Å². The number of hydrogen-bond acceptors (Lipinski definition) is 0. The number of rotatable bonds is 2. The monoisotopic (exact) mass is 348 g/mol. The summed E-state index contributed by atoms with van der Waals surface area (Å²) >= 11 is 0. The van der Waals surface area contributed by atoms with Gasteiger partial charge in [-0.25, -0.2) is 0 Å². The standard InChI is InChI=1S/C25H20N2/c1-3-7-19-16(5-1)11-12-21-22(19)15-27-23(21)13-24-25-18(14-26-24)10-9-17-6-2-4-8-20(17)25/h1-10,14-15,26-27H,11-13H2. The molecule has 0 spiro atoms. The van der Waals surface area contributed by atoms with Crippen LogP contribution in [-0.2, 0) is 19.3 Å². The molecule has 2 nitrogen and oxygen atoms in total. The molecule has 0 bridgehead atoms. The van der Waals surface area contributed by atoms with Crippen LogP contribution in [-0.4, -0.2) is 9.97 Å². The molecule has 2 heteroatoms. The van der Waals surface area contributed by atoms with E-state index in [0.29, 0.717) is 0 Å². The van der Waals surface area contributed by atoms with E-state index in [-0.39, 0.29) is 0 Å². The minimum atomic E-state index is 0.912. The minimum Gasteiger partial charge on any atom is -0.364 e. The zero-order valence-electron chi connectivity index (χ0n) is 15.0. The van der Waals surface area contributed by atoms with Gasteiger partial charge in [0.2, 0.25) is 0 Å². The van der Waals surface area contributed by atoms with E-state index < -0.39 is 0 Å². The Morgan fingerprint density at radius 2 is 1.48 bits per heavy atom. The summed E-state index contributed by atoms with van der Waals surface area (Å²) < 4.78 is 0. The highest BCUT2D eigenvalue weighted by molar-refractivity contribution is 6.09. The number of H-pyrrole nitrogens is 2. The molecule has 0 amide bonds. The molecule has 27 heavy (non-hydrogen) atoms. The van der Waals surface area contributed by atoms with Gasteiger partial charge in [-0.15, -0.1) is 0 Å². The molecule has 0 saturated carbocycles. The fourth-order valence-electron chi connectivity index (χ4n) is 4.74. The van der Waals surface area contributed by atoms with Crippen LogP contribution in [0.3, 0.4) is 0 Å². The summed E-state index contributed by atoms with van der Waals surface area (Å²) in [5.74, 6) is 0. The van der Waals surface area contributed by atoms with Gasteiger partial charge in [-0.3, -0.25) is 0 Å². The van der Waals surface area contributed by atoms with Gasteiger partial charge in [-0.1, -0.05) is 60.7 Å². The highest BCUT2D eigenvalue weighted by Gasteiger charge is 2.21. The largest absolute Gasteiger partial charge is 0.364 e. The van der Waals surface area contributed by atoms with E-state index >= 15 is 0 Å². The van der Waals surface area contributed by atoms with Gasteiger partial charge in [0.15, 0.2) is 0 Å². The molecule has 0 atom stereocenters. The lowest BCUT2D eigenvalue weighted by Crippen LogP contribution is -2.04. The van der Waals surface area contributed by atoms with E-state index in [2.05, 4.69) is 83.0 Å². The van der Waals surface area contributed by atoms with Gasteiger partial charge in [-0.2, -0.15) is 0 Å². The molecule has 1 aliphatic carbocycles. The van der Waals surface area contributed by atoms with Gasteiger partial charge in [0, 0.05) is 46.5 Å². The van der Waals surface area contributed by atoms with Crippen molar-refractivity contribution in [1.82, 2.24) is 9.97 Å². The fourth-order valence-corrected chi connectivity index (χ4v) is 4.74. The molecular formula is C25H20N2. The number of fused-ring (bicyclic) bond motifs is 6. The zero-order valence-corrected chi connectivity index (χ0v) is 15.0. The Bertz CT molecular complexity index is 1300. The van der Waals surface area contributed by atoms with Crippen molar-refractivity contribution in [3.63, 3.8) is 0 Å². The van der Waals surface area contributed by atoms with Crippen LogP contribution in [0.4, 0.5) is 0 Å². The van der Waals surface area contributed by atoms with Gasteiger partial charge in [0.1, 0.15) is 0 Å². The second-order valence-corrected chi connectivity index (χ2v) is 7.51. The molecular weight excluding hydrogens is 328 g/mol. The van der Waals surface area contributed by atoms with Crippen LogP contribution in [0.15, 0.2) is 73.1 Å². The average molecular weight is 348 g/mol. The van der Waals surface area contributed by atoms with E-state index in [9.17, 15) is 0 Å². The van der Waals surface area contributed by atoms with Crippen LogP contribution in [0.25, 0.3) is 32.7 Å². The lowest BCUT2D eigenvalue weighted by atomic mass is 9.86. The third kappa shape index (κ3) is 2.20. The Morgan fingerprint density at radius 3 is 2.48 bits per heavy atom. The lowest BCUT2D eigenvalue weighted by Gasteiger charge is -2.17. The predicted octanol–water partition coefficient (Wildman–Crippen LogP) is 6.01. The number of aryl methyl sites for hydroxylation is 1. The summed E-state index contributed by atoms with van der Waals surface area (Å²) in [6.07, 6.45) is 7.50. The first-order valence-electron chi connectivity index (χ1n) is 9.63. The van der Waals surface area contributed by atoms with E-state index in [1.807, 2.05) is 0 Å². The molecule has 130 valence electrons. The first-order valence-corrected chi connectivity index (χ1v) is 9.63. The molecule has 1 aliphatic rings. The van der Waals surface area contributed by atoms with Crippen molar-refractivity contribution in [2.75, 3.05) is 0 Å². The van der Waals surface area contributed by atoms with E-state index in [1.54, 1.807) is 0 Å². The molecule has 3 aromatic carbocycles. The number of hydrogen-bond donors (Lipinski definition) is 2. The zero-order chi connectivity index (χ0) is 17.8. The summed E-state index contributed by atoms with van der Waals surface area (Å²) in [6.45, 7) is 0. The fraction of sp³-hybridized carbons (Fsp3) is 0.120. The van der Waals surface area contributed by atoms with Crippen LogP contribution in [0.1, 0.15) is 22.5 Å². The molecule has 0 fully saturated rings. The Hall–Kier alpha value is -3.26. The molecule has 0 unspecified atom stereocenters. The van der Waals surface area contributed by atoms with Crippen molar-refractivity contribution in [2.24, 2.45) is 0 Å². The molecule has 2 N–H and O–H groups in total. The summed E-state index contributed by atoms with van der Waals surface area (Å²) in [5, 5.41) is 5.27. The highest BCUT2D eigenvalue weighted by Crippen LogP contribution is 2.37. The van der Waals surface area contributed by atoms with Crippen LogP contribution in [0, 0.1) is 0 Å². The quantitative estimate of drug-likeness (QED) is 0.392. The van der Waals surface area contributed by atoms with Crippen LogP contribution >= 0.6 is 0 Å². The van der Waals surface area contributed by atoms with Gasteiger partial charge < -0.3 is 9.97 Å². The Labute approximate surface area is 157 Å². The average Bonchev–Trinajstić information content (AvgIpc) is 3.33. The second kappa shape index (κ2) is 5.62. The van der Waals surface area contributed by atoms with Gasteiger partial charge >= 0.3 is 0 Å². The van der Waals surface area contributed by atoms with E-state index in [0.717, 1.165) is 19.3 Å². The minimum absolute atomic E-state index is 0.912. The van der Waals surface area contributed by atoms with Crippen LogP contribution in [0.2, 0.25) is 0 Å². The normalized spacial score (nSPS) is 13.0. The molecule has 0 saturated heterocycles. The third-order valence-electron chi connectivity index (χ3n) is 6.05. The molecule has 2 aromatic heterocycles. The molecule has 2 heterocycles. The van der Waals surface area contributed by atoms with E-state index in [4.69, 9.17) is 0 Å². The first kappa shape index (κ1) is 14.9. The van der Waals surface area contributed by atoms with Crippen molar-refractivity contribution in [2.45, 2.75) is 19.3 Å². The molecule has 0 aliphatic heterocycles. The Kier molecular flexibility index (Phi) is 3.09. The molecule has 5 aromatic rings. The summed E-state index contributed by atoms with van der Waals surface area (Å²) in [5.41, 5.74) is 8.36. The van der Waals surface area contributed by atoms with Gasteiger partial charge in [0.05, 0.1) is 0 Å². The number of nitrogens with one attached hydrogen (secondary N) is 2. The maximum absolute atomic E-state index is 3.59. The lowest BCUT2D eigenvalue weighted by molar-refractivity contribution is 0.915. The summed E-state index contributed by atoms with van der Waals surface area (Å²) in [6, 6.07) is 21.9. The topological polar surface area (TPSA) is 31.6 Å². The number of aromatic amines is 2. The van der Waals surface area contributed by atoms with Crippen molar-refractivity contribution >= 4 is 21.5 Å². The maximum Gasteiger partial charge on any atom is 0.0292 e.